The van der Waals surface area contributed by atoms with Gasteiger partial charge in [-0.15, -0.1) is 10.2 Å². The summed E-state index contributed by atoms with van der Waals surface area (Å²) >= 11 is 0. The van der Waals surface area contributed by atoms with Gasteiger partial charge >= 0.3 is 6.18 Å². The molecule has 1 atom stereocenters. The first-order chi connectivity index (χ1) is 15.3. The Morgan fingerprint density at radius 2 is 2.03 bits per heavy atom. The first kappa shape index (κ1) is 21.7. The highest BCUT2D eigenvalue weighted by Crippen LogP contribution is 2.32. The Labute approximate surface area is 181 Å². The molecule has 2 aromatic heterocycles. The van der Waals surface area contributed by atoms with Gasteiger partial charge in [0.25, 0.3) is 5.89 Å². The number of hydrogen-bond acceptors (Lipinski definition) is 8. The SMILES string of the molecule is COC1(C#Cc2ccccc2C(F)(F)F)CCN(c2ccc(-c3nc(CO)no3)nn2)C1. The van der Waals surface area contributed by atoms with Gasteiger partial charge in [-0.25, -0.2) is 0 Å². The normalized spacial score (nSPS) is 18.5. The van der Waals surface area contributed by atoms with Crippen molar-refractivity contribution in [1.82, 2.24) is 20.3 Å². The van der Waals surface area contributed by atoms with Crippen LogP contribution in [0.2, 0.25) is 0 Å². The maximum Gasteiger partial charge on any atom is 0.417 e. The van der Waals surface area contributed by atoms with Crippen molar-refractivity contribution in [2.45, 2.75) is 24.8 Å². The zero-order valence-corrected chi connectivity index (χ0v) is 16.9. The molecule has 1 fully saturated rings. The van der Waals surface area contributed by atoms with Crippen molar-refractivity contribution in [3.63, 3.8) is 0 Å². The molecule has 4 rings (SSSR count). The van der Waals surface area contributed by atoms with E-state index < -0.39 is 17.3 Å². The highest BCUT2D eigenvalue weighted by atomic mass is 19.4. The molecule has 0 spiro atoms. The summed E-state index contributed by atoms with van der Waals surface area (Å²) in [5, 5.41) is 20.9. The Morgan fingerprint density at radius 1 is 1.22 bits per heavy atom. The summed E-state index contributed by atoms with van der Waals surface area (Å²) in [6.07, 6.45) is -4.00. The average molecular weight is 445 g/mol. The van der Waals surface area contributed by atoms with E-state index in [1.807, 2.05) is 4.90 Å². The van der Waals surface area contributed by atoms with Gasteiger partial charge in [0.1, 0.15) is 12.2 Å². The minimum absolute atomic E-state index is 0.0965. The Morgan fingerprint density at radius 3 is 2.69 bits per heavy atom. The van der Waals surface area contributed by atoms with E-state index in [1.54, 1.807) is 12.1 Å². The van der Waals surface area contributed by atoms with Crippen molar-refractivity contribution in [3.05, 3.63) is 53.3 Å². The number of anilines is 1. The molecule has 0 amide bonds. The Bertz CT molecular complexity index is 1150. The first-order valence-electron chi connectivity index (χ1n) is 9.61. The number of rotatable bonds is 4. The van der Waals surface area contributed by atoms with Crippen molar-refractivity contribution in [2.75, 3.05) is 25.1 Å². The van der Waals surface area contributed by atoms with Crippen molar-refractivity contribution >= 4 is 5.82 Å². The molecule has 1 aromatic carbocycles. The number of alkyl halides is 3. The largest absolute Gasteiger partial charge is 0.417 e. The fraction of sp³-hybridized carbons (Fsp3) is 0.333. The van der Waals surface area contributed by atoms with Gasteiger partial charge < -0.3 is 19.3 Å². The molecule has 3 aromatic rings. The predicted molar refractivity (Wildman–Crippen MR) is 106 cm³/mol. The zero-order chi connectivity index (χ0) is 22.8. The van der Waals surface area contributed by atoms with E-state index >= 15 is 0 Å². The van der Waals surface area contributed by atoms with E-state index in [0.717, 1.165) is 6.07 Å². The van der Waals surface area contributed by atoms with Gasteiger partial charge in [0.15, 0.2) is 17.3 Å². The molecule has 0 radical (unpaired) electrons. The molecular formula is C21H18F3N5O3. The second-order valence-corrected chi connectivity index (χ2v) is 7.11. The lowest BCUT2D eigenvalue weighted by Crippen LogP contribution is -2.34. The quantitative estimate of drug-likeness (QED) is 0.613. The molecule has 0 aliphatic carbocycles. The lowest BCUT2D eigenvalue weighted by Gasteiger charge is -2.22. The van der Waals surface area contributed by atoms with Crippen LogP contribution >= 0.6 is 0 Å². The predicted octanol–water partition coefficient (Wildman–Crippen LogP) is 2.68. The molecule has 1 unspecified atom stereocenters. The van der Waals surface area contributed by atoms with Gasteiger partial charge in [-0.2, -0.15) is 18.2 Å². The van der Waals surface area contributed by atoms with Crippen LogP contribution in [0, 0.1) is 11.8 Å². The number of aliphatic hydroxyl groups excluding tert-OH is 1. The van der Waals surface area contributed by atoms with Crippen LogP contribution in [0.15, 0.2) is 40.9 Å². The summed E-state index contributed by atoms with van der Waals surface area (Å²) in [7, 11) is 1.48. The van der Waals surface area contributed by atoms with Gasteiger partial charge in [0, 0.05) is 25.6 Å². The maximum atomic E-state index is 13.2. The Hall–Kier alpha value is -3.49. The topological polar surface area (TPSA) is 97.4 Å². The van der Waals surface area contributed by atoms with Crippen LogP contribution < -0.4 is 4.90 Å². The van der Waals surface area contributed by atoms with Gasteiger partial charge in [-0.1, -0.05) is 29.1 Å². The minimum atomic E-state index is -4.49. The molecule has 0 saturated carbocycles. The summed E-state index contributed by atoms with van der Waals surface area (Å²) in [4.78, 5) is 5.86. The van der Waals surface area contributed by atoms with Gasteiger partial charge in [0.2, 0.25) is 0 Å². The Balaban J connectivity index is 1.53. The van der Waals surface area contributed by atoms with E-state index in [2.05, 4.69) is 32.2 Å². The third-order valence-corrected chi connectivity index (χ3v) is 5.08. The number of benzene rings is 1. The van der Waals surface area contributed by atoms with Crippen LogP contribution in [0.25, 0.3) is 11.6 Å². The highest BCUT2D eigenvalue weighted by Gasteiger charge is 2.38. The third kappa shape index (κ3) is 4.42. The van der Waals surface area contributed by atoms with Crippen molar-refractivity contribution in [2.24, 2.45) is 0 Å². The summed E-state index contributed by atoms with van der Waals surface area (Å²) in [6.45, 7) is 0.497. The molecule has 8 nitrogen and oxygen atoms in total. The van der Waals surface area contributed by atoms with Crippen LogP contribution in [0.3, 0.4) is 0 Å². The number of methoxy groups -OCH3 is 1. The Kier molecular flexibility index (Phi) is 5.82. The highest BCUT2D eigenvalue weighted by molar-refractivity contribution is 5.51. The molecular weight excluding hydrogens is 427 g/mol. The standard InChI is InChI=1S/C21H18F3N5O3/c1-31-20(9-8-14-4-2-3-5-15(14)21(22,23)24)10-11-29(13-20)18-7-6-16(26-27-18)19-25-17(12-30)28-32-19/h2-7,30H,10-13H2,1H3. The van der Waals surface area contributed by atoms with Crippen LogP contribution in [-0.4, -0.2) is 51.2 Å². The number of aliphatic hydroxyl groups is 1. The van der Waals surface area contributed by atoms with E-state index in [-0.39, 0.29) is 23.9 Å². The molecule has 11 heteroatoms. The van der Waals surface area contributed by atoms with Crippen LogP contribution in [0.4, 0.5) is 19.0 Å². The fourth-order valence-electron chi connectivity index (χ4n) is 3.35. The average Bonchev–Trinajstić information content (AvgIpc) is 3.45. The molecule has 166 valence electrons. The summed E-state index contributed by atoms with van der Waals surface area (Å²) in [5.74, 6) is 6.38. The monoisotopic (exact) mass is 445 g/mol. The van der Waals surface area contributed by atoms with Crippen LogP contribution in [-0.2, 0) is 17.5 Å². The van der Waals surface area contributed by atoms with Crippen LogP contribution in [0.5, 0.6) is 0 Å². The molecule has 32 heavy (non-hydrogen) atoms. The van der Waals surface area contributed by atoms with E-state index in [9.17, 15) is 13.2 Å². The van der Waals surface area contributed by atoms with Crippen LogP contribution in [0.1, 0.15) is 23.4 Å². The third-order valence-electron chi connectivity index (χ3n) is 5.08. The molecule has 1 N–H and O–H groups in total. The van der Waals surface area contributed by atoms with Gasteiger partial charge in [-0.3, -0.25) is 0 Å². The second-order valence-electron chi connectivity index (χ2n) is 7.11. The van der Waals surface area contributed by atoms with Crippen molar-refractivity contribution in [1.29, 1.82) is 0 Å². The summed E-state index contributed by atoms with van der Waals surface area (Å²) < 4.78 is 50.3. The lowest BCUT2D eigenvalue weighted by atomic mass is 10.0. The summed E-state index contributed by atoms with van der Waals surface area (Å²) in [6, 6.07) is 8.56. The van der Waals surface area contributed by atoms with Crippen molar-refractivity contribution in [3.8, 4) is 23.4 Å². The number of ether oxygens (including phenoxy) is 1. The van der Waals surface area contributed by atoms with E-state index in [0.29, 0.717) is 31.0 Å². The number of hydrogen-bond donors (Lipinski definition) is 1. The molecule has 1 aliphatic rings. The number of nitrogens with zero attached hydrogens (tertiary/aromatic N) is 5. The van der Waals surface area contributed by atoms with Gasteiger partial charge in [0.05, 0.1) is 12.1 Å². The van der Waals surface area contributed by atoms with Gasteiger partial charge in [-0.05, 0) is 24.3 Å². The minimum Gasteiger partial charge on any atom is -0.388 e. The zero-order valence-electron chi connectivity index (χ0n) is 16.9. The molecule has 3 heterocycles. The number of aromatic nitrogens is 4. The molecule has 1 aliphatic heterocycles. The van der Waals surface area contributed by atoms with E-state index in [4.69, 9.17) is 14.4 Å². The second kappa shape index (κ2) is 8.57. The summed E-state index contributed by atoms with van der Waals surface area (Å²) in [5.41, 5.74) is -1.47. The smallest absolute Gasteiger partial charge is 0.388 e. The fourth-order valence-corrected chi connectivity index (χ4v) is 3.35. The lowest BCUT2D eigenvalue weighted by molar-refractivity contribution is -0.137. The van der Waals surface area contributed by atoms with E-state index in [1.165, 1.54) is 25.3 Å². The maximum absolute atomic E-state index is 13.2. The molecule has 0 bridgehead atoms. The number of halogens is 3. The molecule has 1 saturated heterocycles. The first-order valence-corrected chi connectivity index (χ1v) is 9.61. The van der Waals surface area contributed by atoms with Crippen molar-refractivity contribution < 1.29 is 27.5 Å².